The quantitative estimate of drug-likeness (QED) is 0.720. The average molecular weight is 183 g/mol. The Morgan fingerprint density at radius 2 is 2.38 bits per heavy atom. The Labute approximate surface area is 79.3 Å². The summed E-state index contributed by atoms with van der Waals surface area (Å²) < 4.78 is 5.47. The molecule has 1 saturated carbocycles. The van der Waals surface area contributed by atoms with Crippen molar-refractivity contribution >= 4 is 0 Å². The molecule has 0 heterocycles. The molecule has 1 aliphatic carbocycles. The fourth-order valence-corrected chi connectivity index (χ4v) is 1.96. The maximum absolute atomic E-state index is 9.08. The molecule has 3 nitrogen and oxygen atoms in total. The molecule has 2 atom stereocenters. The minimum Gasteiger partial charge on any atom is -0.394 e. The first kappa shape index (κ1) is 10.5. The maximum Gasteiger partial charge on any atom is 0.156 e. The van der Waals surface area contributed by atoms with Gasteiger partial charge in [0.1, 0.15) is 0 Å². The monoisotopic (exact) mass is 183 g/mol. The standard InChI is InChI=1S/C10H17NO2/c1-9-4-2-3-5-10(9,8-11)13-7-6-12/h9,12H,2-7H2,1H3. The number of nitriles is 1. The molecule has 0 bridgehead atoms. The van der Waals surface area contributed by atoms with Gasteiger partial charge in [0, 0.05) is 0 Å². The molecular formula is C10H17NO2. The SMILES string of the molecule is CC1CCCCC1(C#N)OCCO. The Kier molecular flexibility index (Phi) is 3.71. The van der Waals surface area contributed by atoms with Gasteiger partial charge in [-0.2, -0.15) is 5.26 Å². The molecule has 74 valence electrons. The van der Waals surface area contributed by atoms with Crippen LogP contribution in [0.25, 0.3) is 0 Å². The molecule has 0 aromatic rings. The van der Waals surface area contributed by atoms with E-state index in [1.54, 1.807) is 0 Å². The molecule has 3 heteroatoms. The molecule has 1 fully saturated rings. The number of nitrogens with zero attached hydrogens (tertiary/aromatic N) is 1. The topological polar surface area (TPSA) is 53.2 Å². The summed E-state index contributed by atoms with van der Waals surface area (Å²) in [5.41, 5.74) is -0.624. The third-order valence-corrected chi connectivity index (χ3v) is 2.87. The second-order valence-corrected chi connectivity index (χ2v) is 3.72. The summed E-state index contributed by atoms with van der Waals surface area (Å²) in [6, 6.07) is 2.27. The summed E-state index contributed by atoms with van der Waals surface area (Å²) in [4.78, 5) is 0. The van der Waals surface area contributed by atoms with E-state index in [0.717, 1.165) is 19.3 Å². The summed E-state index contributed by atoms with van der Waals surface area (Å²) in [6.07, 6.45) is 4.11. The highest BCUT2D eigenvalue weighted by molar-refractivity contribution is 5.06. The van der Waals surface area contributed by atoms with Crippen LogP contribution in [-0.4, -0.2) is 23.9 Å². The van der Waals surface area contributed by atoms with E-state index in [-0.39, 0.29) is 19.1 Å². The zero-order chi connectivity index (χ0) is 9.73. The maximum atomic E-state index is 9.08. The molecule has 0 saturated heterocycles. The number of aliphatic hydroxyl groups is 1. The van der Waals surface area contributed by atoms with Crippen molar-refractivity contribution in [2.24, 2.45) is 5.92 Å². The number of rotatable bonds is 3. The fourth-order valence-electron chi connectivity index (χ4n) is 1.96. The van der Waals surface area contributed by atoms with Crippen molar-refractivity contribution in [2.75, 3.05) is 13.2 Å². The lowest BCUT2D eigenvalue weighted by Crippen LogP contribution is -2.41. The summed E-state index contributed by atoms with van der Waals surface area (Å²) in [7, 11) is 0. The Balaban J connectivity index is 2.60. The number of ether oxygens (including phenoxy) is 1. The Morgan fingerprint density at radius 3 is 2.92 bits per heavy atom. The third-order valence-electron chi connectivity index (χ3n) is 2.87. The highest BCUT2D eigenvalue weighted by Crippen LogP contribution is 2.35. The van der Waals surface area contributed by atoms with E-state index in [1.165, 1.54) is 6.42 Å². The molecule has 0 spiro atoms. The molecule has 0 aromatic heterocycles. The lowest BCUT2D eigenvalue weighted by Gasteiger charge is -2.36. The van der Waals surface area contributed by atoms with Gasteiger partial charge in [0.15, 0.2) is 5.60 Å². The zero-order valence-electron chi connectivity index (χ0n) is 8.12. The molecule has 0 aromatic carbocycles. The molecule has 13 heavy (non-hydrogen) atoms. The van der Waals surface area contributed by atoms with E-state index < -0.39 is 5.60 Å². The highest BCUT2D eigenvalue weighted by atomic mass is 16.5. The van der Waals surface area contributed by atoms with E-state index in [9.17, 15) is 0 Å². The first-order valence-corrected chi connectivity index (χ1v) is 4.91. The second-order valence-electron chi connectivity index (χ2n) is 3.72. The molecule has 0 radical (unpaired) electrons. The van der Waals surface area contributed by atoms with Gasteiger partial charge in [-0.1, -0.05) is 13.3 Å². The third kappa shape index (κ3) is 2.20. The van der Waals surface area contributed by atoms with Crippen molar-refractivity contribution in [3.63, 3.8) is 0 Å². The van der Waals surface area contributed by atoms with E-state index in [2.05, 4.69) is 13.0 Å². The minimum atomic E-state index is -0.624. The number of hydrogen-bond donors (Lipinski definition) is 1. The van der Waals surface area contributed by atoms with Gasteiger partial charge in [0.25, 0.3) is 0 Å². The lowest BCUT2D eigenvalue weighted by atomic mass is 9.77. The van der Waals surface area contributed by atoms with Crippen LogP contribution in [0.15, 0.2) is 0 Å². The van der Waals surface area contributed by atoms with Crippen LogP contribution in [0.1, 0.15) is 32.6 Å². The molecule has 2 unspecified atom stereocenters. The Bertz CT molecular complexity index is 200. The van der Waals surface area contributed by atoms with Crippen molar-refractivity contribution in [3.8, 4) is 6.07 Å². The van der Waals surface area contributed by atoms with E-state index in [4.69, 9.17) is 15.1 Å². The van der Waals surface area contributed by atoms with Gasteiger partial charge < -0.3 is 9.84 Å². The van der Waals surface area contributed by atoms with Gasteiger partial charge in [0.05, 0.1) is 19.3 Å². The smallest absolute Gasteiger partial charge is 0.156 e. The first-order chi connectivity index (χ1) is 6.25. The number of hydrogen-bond acceptors (Lipinski definition) is 3. The van der Waals surface area contributed by atoms with Crippen LogP contribution >= 0.6 is 0 Å². The minimum absolute atomic E-state index is 0.00382. The molecule has 0 amide bonds. The van der Waals surface area contributed by atoms with Crippen molar-refractivity contribution < 1.29 is 9.84 Å². The van der Waals surface area contributed by atoms with Crippen LogP contribution in [0.2, 0.25) is 0 Å². The normalized spacial score (nSPS) is 34.1. The summed E-state index contributed by atoms with van der Waals surface area (Å²) in [5, 5.41) is 17.7. The summed E-state index contributed by atoms with van der Waals surface area (Å²) in [6.45, 7) is 2.33. The van der Waals surface area contributed by atoms with Gasteiger partial charge in [-0.05, 0) is 25.2 Å². The molecule has 1 rings (SSSR count). The van der Waals surface area contributed by atoms with Crippen molar-refractivity contribution in [2.45, 2.75) is 38.2 Å². The molecular weight excluding hydrogens is 166 g/mol. The summed E-state index contributed by atoms with van der Waals surface area (Å²) in [5.74, 6) is 0.290. The van der Waals surface area contributed by atoms with E-state index in [1.807, 2.05) is 0 Å². The molecule has 1 N–H and O–H groups in total. The molecule has 1 aliphatic rings. The summed E-state index contributed by atoms with van der Waals surface area (Å²) >= 11 is 0. The Hall–Kier alpha value is -0.590. The van der Waals surface area contributed by atoms with Crippen LogP contribution in [0.4, 0.5) is 0 Å². The lowest BCUT2D eigenvalue weighted by molar-refractivity contribution is -0.0718. The van der Waals surface area contributed by atoms with Crippen molar-refractivity contribution in [3.05, 3.63) is 0 Å². The predicted octanol–water partition coefficient (Wildman–Crippen LogP) is 1.47. The number of aliphatic hydroxyl groups excluding tert-OH is 1. The van der Waals surface area contributed by atoms with Crippen LogP contribution in [0.5, 0.6) is 0 Å². The zero-order valence-corrected chi connectivity index (χ0v) is 8.12. The van der Waals surface area contributed by atoms with Gasteiger partial charge in [0.2, 0.25) is 0 Å². The van der Waals surface area contributed by atoms with Crippen LogP contribution < -0.4 is 0 Å². The van der Waals surface area contributed by atoms with Gasteiger partial charge >= 0.3 is 0 Å². The van der Waals surface area contributed by atoms with Gasteiger partial charge in [-0.25, -0.2) is 0 Å². The largest absolute Gasteiger partial charge is 0.394 e. The highest BCUT2D eigenvalue weighted by Gasteiger charge is 2.39. The molecule has 0 aliphatic heterocycles. The second kappa shape index (κ2) is 4.59. The van der Waals surface area contributed by atoms with Gasteiger partial charge in [-0.3, -0.25) is 0 Å². The van der Waals surface area contributed by atoms with Crippen molar-refractivity contribution in [1.82, 2.24) is 0 Å². The van der Waals surface area contributed by atoms with Crippen LogP contribution in [0.3, 0.4) is 0 Å². The van der Waals surface area contributed by atoms with E-state index >= 15 is 0 Å². The van der Waals surface area contributed by atoms with E-state index in [0.29, 0.717) is 0 Å². The van der Waals surface area contributed by atoms with Crippen LogP contribution in [0, 0.1) is 17.2 Å². The van der Waals surface area contributed by atoms with Crippen molar-refractivity contribution in [1.29, 1.82) is 5.26 Å². The van der Waals surface area contributed by atoms with Crippen LogP contribution in [-0.2, 0) is 4.74 Å². The predicted molar refractivity (Wildman–Crippen MR) is 49.0 cm³/mol. The van der Waals surface area contributed by atoms with Gasteiger partial charge in [-0.15, -0.1) is 0 Å². The first-order valence-electron chi connectivity index (χ1n) is 4.91. The average Bonchev–Trinajstić information content (AvgIpc) is 2.17. The Morgan fingerprint density at radius 1 is 1.62 bits per heavy atom. The fraction of sp³-hybridized carbons (Fsp3) is 0.900.